The molecule has 1 amide bonds. The predicted molar refractivity (Wildman–Crippen MR) is 91.2 cm³/mol. The highest BCUT2D eigenvalue weighted by atomic mass is 16.5. The summed E-state index contributed by atoms with van der Waals surface area (Å²) in [4.78, 5) is 27.9. The molecule has 0 saturated heterocycles. The molecule has 3 rings (SSSR count). The molecule has 0 bridgehead atoms. The molecule has 0 unspecified atom stereocenters. The number of anilines is 1. The van der Waals surface area contributed by atoms with Gasteiger partial charge in [-0.1, -0.05) is 6.07 Å². The molecule has 1 aromatic carbocycles. The van der Waals surface area contributed by atoms with E-state index in [1.54, 1.807) is 60.7 Å². The van der Waals surface area contributed by atoms with E-state index < -0.39 is 0 Å². The van der Waals surface area contributed by atoms with E-state index in [4.69, 9.17) is 4.74 Å². The number of benzene rings is 1. The van der Waals surface area contributed by atoms with Crippen molar-refractivity contribution in [3.05, 3.63) is 72.3 Å². The number of pyridine rings is 1. The maximum absolute atomic E-state index is 12.0. The standard InChI is InChI=1S/C18H16N4O3/c1-22-12-14(11-20-22)18(24)21-15-4-6-16(7-5-15)25-17(23)9-13-3-2-8-19-10-13/h2-8,10-12H,9H2,1H3,(H,21,24). The van der Waals surface area contributed by atoms with E-state index in [-0.39, 0.29) is 18.3 Å². The van der Waals surface area contributed by atoms with Crippen LogP contribution in [-0.2, 0) is 18.3 Å². The molecule has 3 aromatic rings. The molecule has 126 valence electrons. The van der Waals surface area contributed by atoms with Gasteiger partial charge in [0, 0.05) is 31.3 Å². The van der Waals surface area contributed by atoms with Gasteiger partial charge in [-0.25, -0.2) is 0 Å². The number of hydrogen-bond donors (Lipinski definition) is 1. The van der Waals surface area contributed by atoms with Gasteiger partial charge in [0.15, 0.2) is 0 Å². The van der Waals surface area contributed by atoms with Crippen molar-refractivity contribution >= 4 is 17.6 Å². The molecule has 0 aliphatic heterocycles. The zero-order valence-electron chi connectivity index (χ0n) is 13.5. The van der Waals surface area contributed by atoms with Crippen LogP contribution in [0.4, 0.5) is 5.69 Å². The molecular formula is C18H16N4O3. The average molecular weight is 336 g/mol. The number of nitrogens with zero attached hydrogens (tertiary/aromatic N) is 3. The van der Waals surface area contributed by atoms with E-state index in [2.05, 4.69) is 15.4 Å². The lowest BCUT2D eigenvalue weighted by atomic mass is 10.2. The van der Waals surface area contributed by atoms with Crippen LogP contribution in [-0.4, -0.2) is 26.6 Å². The van der Waals surface area contributed by atoms with E-state index in [9.17, 15) is 9.59 Å². The fourth-order valence-electron chi connectivity index (χ4n) is 2.18. The third kappa shape index (κ3) is 4.51. The van der Waals surface area contributed by atoms with Gasteiger partial charge >= 0.3 is 5.97 Å². The summed E-state index contributed by atoms with van der Waals surface area (Å²) in [6.45, 7) is 0. The monoisotopic (exact) mass is 336 g/mol. The Balaban J connectivity index is 1.56. The van der Waals surface area contributed by atoms with Gasteiger partial charge in [0.1, 0.15) is 5.75 Å². The number of nitrogens with one attached hydrogen (secondary N) is 1. The number of rotatable bonds is 5. The lowest BCUT2D eigenvalue weighted by molar-refractivity contribution is -0.133. The Labute approximate surface area is 144 Å². The van der Waals surface area contributed by atoms with Crippen molar-refractivity contribution in [1.82, 2.24) is 14.8 Å². The topological polar surface area (TPSA) is 86.1 Å². The lowest BCUT2D eigenvalue weighted by Gasteiger charge is -2.07. The van der Waals surface area contributed by atoms with E-state index in [0.717, 1.165) is 5.56 Å². The smallest absolute Gasteiger partial charge is 0.315 e. The van der Waals surface area contributed by atoms with Crippen LogP contribution in [0.2, 0.25) is 0 Å². The van der Waals surface area contributed by atoms with Crippen LogP contribution >= 0.6 is 0 Å². The molecule has 0 fully saturated rings. The molecule has 7 heteroatoms. The summed E-state index contributed by atoms with van der Waals surface area (Å²) in [7, 11) is 1.74. The summed E-state index contributed by atoms with van der Waals surface area (Å²) in [5.74, 6) is -0.220. The molecule has 7 nitrogen and oxygen atoms in total. The highest BCUT2D eigenvalue weighted by Crippen LogP contribution is 2.17. The van der Waals surface area contributed by atoms with Gasteiger partial charge in [-0.15, -0.1) is 0 Å². The molecule has 2 aromatic heterocycles. The SMILES string of the molecule is Cn1cc(C(=O)Nc2ccc(OC(=O)Cc3cccnc3)cc2)cn1. The van der Waals surface area contributed by atoms with Crippen molar-refractivity contribution in [1.29, 1.82) is 0 Å². The van der Waals surface area contributed by atoms with Gasteiger partial charge in [-0.05, 0) is 35.9 Å². The maximum atomic E-state index is 12.0. The molecule has 0 aliphatic rings. The Kier molecular flexibility index (Phi) is 4.84. The van der Waals surface area contributed by atoms with Gasteiger partial charge < -0.3 is 10.1 Å². The summed E-state index contributed by atoms with van der Waals surface area (Å²) >= 11 is 0. The van der Waals surface area contributed by atoms with Crippen LogP contribution in [0.15, 0.2) is 61.2 Å². The van der Waals surface area contributed by atoms with Gasteiger partial charge in [-0.3, -0.25) is 19.3 Å². The quantitative estimate of drug-likeness (QED) is 0.570. The second kappa shape index (κ2) is 7.39. The molecular weight excluding hydrogens is 320 g/mol. The molecule has 0 spiro atoms. The van der Waals surface area contributed by atoms with E-state index in [0.29, 0.717) is 17.0 Å². The summed E-state index contributed by atoms with van der Waals surface area (Å²) in [5.41, 5.74) is 1.85. The van der Waals surface area contributed by atoms with Gasteiger partial charge in [0.25, 0.3) is 5.91 Å². The van der Waals surface area contributed by atoms with Crippen LogP contribution in [0.3, 0.4) is 0 Å². The fourth-order valence-corrected chi connectivity index (χ4v) is 2.18. The second-order valence-corrected chi connectivity index (χ2v) is 5.39. The summed E-state index contributed by atoms with van der Waals surface area (Å²) in [5, 5.41) is 6.71. The first-order valence-electron chi connectivity index (χ1n) is 7.60. The first kappa shape index (κ1) is 16.4. The first-order valence-corrected chi connectivity index (χ1v) is 7.60. The van der Waals surface area contributed by atoms with Crippen molar-refractivity contribution < 1.29 is 14.3 Å². The Hall–Kier alpha value is -3.48. The number of carbonyl (C=O) groups excluding carboxylic acids is 2. The molecule has 0 atom stereocenters. The van der Waals surface area contributed by atoms with Crippen molar-refractivity contribution in [2.75, 3.05) is 5.32 Å². The van der Waals surface area contributed by atoms with E-state index in [1.807, 2.05) is 6.07 Å². The normalized spacial score (nSPS) is 10.3. The third-order valence-electron chi connectivity index (χ3n) is 3.38. The minimum absolute atomic E-state index is 0.146. The van der Waals surface area contributed by atoms with E-state index >= 15 is 0 Å². The Morgan fingerprint density at radius 1 is 1.16 bits per heavy atom. The predicted octanol–water partition coefficient (Wildman–Crippen LogP) is 2.22. The molecule has 0 radical (unpaired) electrons. The largest absolute Gasteiger partial charge is 0.426 e. The summed E-state index contributed by atoms with van der Waals surface area (Å²) < 4.78 is 6.83. The number of amides is 1. The van der Waals surface area contributed by atoms with Crippen molar-refractivity contribution in [3.63, 3.8) is 0 Å². The number of aryl methyl sites for hydroxylation is 1. The fraction of sp³-hybridized carbons (Fsp3) is 0.111. The maximum Gasteiger partial charge on any atom is 0.315 e. The molecule has 0 saturated carbocycles. The van der Waals surface area contributed by atoms with Gasteiger partial charge in [0.05, 0.1) is 18.2 Å². The molecule has 25 heavy (non-hydrogen) atoms. The van der Waals surface area contributed by atoms with Crippen molar-refractivity contribution in [2.24, 2.45) is 7.05 Å². The van der Waals surface area contributed by atoms with Crippen LogP contribution in [0.5, 0.6) is 5.75 Å². The molecule has 2 heterocycles. The number of aromatic nitrogens is 3. The number of hydrogen-bond acceptors (Lipinski definition) is 5. The Morgan fingerprint density at radius 2 is 1.96 bits per heavy atom. The molecule has 0 aliphatic carbocycles. The minimum Gasteiger partial charge on any atom is -0.426 e. The third-order valence-corrected chi connectivity index (χ3v) is 3.38. The van der Waals surface area contributed by atoms with Crippen molar-refractivity contribution in [2.45, 2.75) is 6.42 Å². The lowest BCUT2D eigenvalue weighted by Crippen LogP contribution is -2.12. The van der Waals surface area contributed by atoms with Crippen molar-refractivity contribution in [3.8, 4) is 5.75 Å². The number of ether oxygens (including phenoxy) is 1. The minimum atomic E-state index is -0.375. The highest BCUT2D eigenvalue weighted by molar-refractivity contribution is 6.03. The Morgan fingerprint density at radius 3 is 2.60 bits per heavy atom. The highest BCUT2D eigenvalue weighted by Gasteiger charge is 2.09. The first-order chi connectivity index (χ1) is 12.1. The number of carbonyl (C=O) groups is 2. The zero-order chi connectivity index (χ0) is 17.6. The Bertz CT molecular complexity index is 873. The van der Waals surface area contributed by atoms with E-state index in [1.165, 1.54) is 6.20 Å². The van der Waals surface area contributed by atoms with Crippen LogP contribution in [0.25, 0.3) is 0 Å². The van der Waals surface area contributed by atoms with Crippen LogP contribution in [0, 0.1) is 0 Å². The van der Waals surface area contributed by atoms with Gasteiger partial charge in [-0.2, -0.15) is 5.10 Å². The van der Waals surface area contributed by atoms with Crippen LogP contribution < -0.4 is 10.1 Å². The van der Waals surface area contributed by atoms with Gasteiger partial charge in [0.2, 0.25) is 0 Å². The average Bonchev–Trinajstić information content (AvgIpc) is 3.04. The zero-order valence-corrected chi connectivity index (χ0v) is 13.5. The summed E-state index contributed by atoms with van der Waals surface area (Å²) in [6.07, 6.45) is 6.53. The number of esters is 1. The molecule has 1 N–H and O–H groups in total. The van der Waals surface area contributed by atoms with Crippen LogP contribution in [0.1, 0.15) is 15.9 Å². The summed E-state index contributed by atoms with van der Waals surface area (Å²) in [6, 6.07) is 10.2. The second-order valence-electron chi connectivity index (χ2n) is 5.39.